The quantitative estimate of drug-likeness (QED) is 0.0200. The number of carbonyl (C=O) groups excluding carboxylic acids is 1. The summed E-state index contributed by atoms with van der Waals surface area (Å²) >= 11 is 0. The fourth-order valence-electron chi connectivity index (χ4n) is 11.3. The summed E-state index contributed by atoms with van der Waals surface area (Å²) in [6.07, 6.45) is 39.8. The molecule has 0 aromatic heterocycles. The summed E-state index contributed by atoms with van der Waals surface area (Å²) in [6.45, 7) is 1.59. The largest absolute Gasteiger partial charge is 0.394 e. The molecule has 0 saturated carbocycles. The standard InChI is InChI=1S/C71H123NO18/c1-3-5-7-9-11-13-15-17-19-21-23-25-26-27-29-30-32-34-36-38-40-42-44-46-48-55(76)54(72-59(77)49-47-45-43-41-39-37-35-33-31-28-24-22-20-18-16-14-12-10-8-6-4-2)53-85-69-65(83)62(80)67(57(51-74)87-69)90-71-66(84)63(81)68(58(52-75)88-71)89-70-64(82)61(79)60(78)56(50-73)86-70/h6,8,12,14,18,20,24,28,30,32,38,40,46,48,54-58,60-71,73-76,78-84H,3-5,7,9-11,13,15-17,19,21-23,25-27,29,31,33-37,39,41-45,47,49-53H2,1-2H3,(H,72,77)/b8-6-,14-12-,20-18-,28-24-,32-30+,40-38+,48-46+. The summed E-state index contributed by atoms with van der Waals surface area (Å²) in [5.74, 6) is -0.300. The Morgan fingerprint density at radius 3 is 1.24 bits per heavy atom. The molecule has 17 atom stereocenters. The van der Waals surface area contributed by atoms with Crippen LogP contribution in [0.2, 0.25) is 0 Å². The van der Waals surface area contributed by atoms with Crippen LogP contribution in [0.15, 0.2) is 85.1 Å². The van der Waals surface area contributed by atoms with Crippen LogP contribution in [0.3, 0.4) is 0 Å². The molecule has 0 bridgehead atoms. The Balaban J connectivity index is 1.47. The second-order valence-electron chi connectivity index (χ2n) is 24.6. The van der Waals surface area contributed by atoms with Crippen LogP contribution in [0, 0.1) is 0 Å². The fourth-order valence-corrected chi connectivity index (χ4v) is 11.3. The van der Waals surface area contributed by atoms with Crippen molar-refractivity contribution in [1.29, 1.82) is 0 Å². The third kappa shape index (κ3) is 33.9. The van der Waals surface area contributed by atoms with Crippen LogP contribution in [0.5, 0.6) is 0 Å². The molecule has 3 saturated heterocycles. The van der Waals surface area contributed by atoms with E-state index in [2.05, 4.69) is 92.1 Å². The zero-order chi connectivity index (χ0) is 65.4. The van der Waals surface area contributed by atoms with E-state index in [1.54, 1.807) is 6.08 Å². The van der Waals surface area contributed by atoms with E-state index < -0.39 is 124 Å². The van der Waals surface area contributed by atoms with Gasteiger partial charge < -0.3 is 89.9 Å². The minimum Gasteiger partial charge on any atom is -0.394 e. The van der Waals surface area contributed by atoms with Crippen LogP contribution < -0.4 is 5.32 Å². The van der Waals surface area contributed by atoms with Crippen molar-refractivity contribution in [2.24, 2.45) is 0 Å². The molecule has 0 radical (unpaired) electrons. The van der Waals surface area contributed by atoms with Gasteiger partial charge in [0.05, 0.1) is 38.6 Å². The van der Waals surface area contributed by atoms with E-state index in [4.69, 9.17) is 28.4 Å². The zero-order valence-electron chi connectivity index (χ0n) is 54.8. The van der Waals surface area contributed by atoms with Crippen LogP contribution in [-0.2, 0) is 33.2 Å². The second-order valence-corrected chi connectivity index (χ2v) is 24.6. The highest BCUT2D eigenvalue weighted by molar-refractivity contribution is 5.76. The van der Waals surface area contributed by atoms with Gasteiger partial charge in [0.15, 0.2) is 18.9 Å². The van der Waals surface area contributed by atoms with Gasteiger partial charge in [-0.1, -0.05) is 221 Å². The Bertz CT molecular complexity index is 1960. The number of carbonyl (C=O) groups is 1. The minimum atomic E-state index is -1.99. The Labute approximate surface area is 540 Å². The van der Waals surface area contributed by atoms with E-state index in [0.29, 0.717) is 12.8 Å². The van der Waals surface area contributed by atoms with Crippen LogP contribution in [0.1, 0.15) is 226 Å². The molecule has 3 fully saturated rings. The summed E-state index contributed by atoms with van der Waals surface area (Å²) in [7, 11) is 0. The Morgan fingerprint density at radius 2 is 0.778 bits per heavy atom. The Morgan fingerprint density at radius 1 is 0.411 bits per heavy atom. The van der Waals surface area contributed by atoms with E-state index in [1.165, 1.54) is 103 Å². The van der Waals surface area contributed by atoms with E-state index in [9.17, 15) is 61.0 Å². The number of hydrogen-bond acceptors (Lipinski definition) is 18. The summed E-state index contributed by atoms with van der Waals surface area (Å²) in [6, 6.07) is -1.01. The fraction of sp³-hybridized carbons (Fsp3) is 0.789. The average Bonchev–Trinajstić information content (AvgIpc) is 0.853. The van der Waals surface area contributed by atoms with Crippen molar-refractivity contribution in [3.05, 3.63) is 85.1 Å². The van der Waals surface area contributed by atoms with Crippen molar-refractivity contribution in [3.63, 3.8) is 0 Å². The molecule has 19 nitrogen and oxygen atoms in total. The molecule has 12 N–H and O–H groups in total. The molecule has 3 heterocycles. The average molecular weight is 1280 g/mol. The van der Waals surface area contributed by atoms with Gasteiger partial charge in [-0.15, -0.1) is 0 Å². The molecule has 3 aliphatic rings. The van der Waals surface area contributed by atoms with E-state index in [-0.39, 0.29) is 18.9 Å². The number of allylic oxidation sites excluding steroid dienone is 13. The van der Waals surface area contributed by atoms with Crippen LogP contribution >= 0.6 is 0 Å². The predicted octanol–water partition coefficient (Wildman–Crippen LogP) is 9.10. The van der Waals surface area contributed by atoms with Gasteiger partial charge >= 0.3 is 0 Å². The molecule has 0 aliphatic carbocycles. The molecule has 90 heavy (non-hydrogen) atoms. The zero-order valence-corrected chi connectivity index (χ0v) is 54.8. The molecule has 17 unspecified atom stereocenters. The highest BCUT2D eigenvalue weighted by atomic mass is 16.8. The summed E-state index contributed by atoms with van der Waals surface area (Å²) < 4.78 is 34.3. The maximum absolute atomic E-state index is 13.4. The van der Waals surface area contributed by atoms with Crippen LogP contribution in [-0.4, -0.2) is 193 Å². The number of rotatable bonds is 52. The molecule has 0 spiro atoms. The van der Waals surface area contributed by atoms with Crippen molar-refractivity contribution in [1.82, 2.24) is 5.32 Å². The predicted molar refractivity (Wildman–Crippen MR) is 351 cm³/mol. The summed E-state index contributed by atoms with van der Waals surface area (Å²) in [5, 5.41) is 120. The first-order valence-electron chi connectivity index (χ1n) is 34.8. The smallest absolute Gasteiger partial charge is 0.220 e. The number of unbranched alkanes of at least 4 members (excludes halogenated alkanes) is 24. The first kappa shape index (κ1) is 81.2. The van der Waals surface area contributed by atoms with Crippen LogP contribution in [0.4, 0.5) is 0 Å². The van der Waals surface area contributed by atoms with Gasteiger partial charge in [0, 0.05) is 6.42 Å². The third-order valence-electron chi connectivity index (χ3n) is 16.9. The Hall–Kier alpha value is -3.03. The Kier molecular flexibility index (Phi) is 47.2. The number of aliphatic hydroxyl groups excluding tert-OH is 11. The normalized spacial score (nSPS) is 28.6. The van der Waals surface area contributed by atoms with Gasteiger partial charge in [0.1, 0.15) is 73.2 Å². The first-order chi connectivity index (χ1) is 43.8. The van der Waals surface area contributed by atoms with Crippen molar-refractivity contribution in [2.45, 2.75) is 330 Å². The molecule has 0 aromatic carbocycles. The highest BCUT2D eigenvalue weighted by Gasteiger charge is 2.53. The van der Waals surface area contributed by atoms with Gasteiger partial charge in [-0.05, 0) is 83.5 Å². The maximum Gasteiger partial charge on any atom is 0.220 e. The van der Waals surface area contributed by atoms with E-state index >= 15 is 0 Å². The minimum absolute atomic E-state index is 0.218. The SMILES string of the molecule is CC/C=C\C/C=C\C/C=C\C/C=C\CCCCCCCCCCC(=O)NC(COC1OC(CO)C(OC2OC(CO)C(OC3OC(CO)C(O)C(O)C3O)C(O)C2O)C(O)C1O)C(O)/C=C/CC/C=C/CC/C=C/CCCCCCCCCCCCCCCC. The number of aliphatic hydroxyl groups is 11. The lowest BCUT2D eigenvalue weighted by Gasteiger charge is -2.48. The maximum atomic E-state index is 13.4. The number of nitrogens with one attached hydrogen (secondary N) is 1. The van der Waals surface area contributed by atoms with Gasteiger partial charge in [-0.3, -0.25) is 4.79 Å². The van der Waals surface area contributed by atoms with Crippen molar-refractivity contribution in [2.75, 3.05) is 26.4 Å². The monoisotopic (exact) mass is 1280 g/mol. The van der Waals surface area contributed by atoms with Crippen molar-refractivity contribution < 1.29 is 89.4 Å². The molecule has 520 valence electrons. The lowest BCUT2D eigenvalue weighted by Crippen LogP contribution is -2.66. The molecule has 3 aliphatic heterocycles. The number of ether oxygens (including phenoxy) is 6. The van der Waals surface area contributed by atoms with Gasteiger partial charge in [-0.2, -0.15) is 0 Å². The number of hydrogen-bond donors (Lipinski definition) is 12. The summed E-state index contributed by atoms with van der Waals surface area (Å²) in [4.78, 5) is 13.4. The molecule has 19 heteroatoms. The first-order valence-corrected chi connectivity index (χ1v) is 34.8. The summed E-state index contributed by atoms with van der Waals surface area (Å²) in [5.41, 5.74) is 0. The topological polar surface area (TPSA) is 307 Å². The molecule has 1 amide bonds. The van der Waals surface area contributed by atoms with Crippen molar-refractivity contribution in [3.8, 4) is 0 Å². The van der Waals surface area contributed by atoms with Crippen molar-refractivity contribution >= 4 is 5.91 Å². The highest BCUT2D eigenvalue weighted by Crippen LogP contribution is 2.33. The van der Waals surface area contributed by atoms with Crippen LogP contribution in [0.25, 0.3) is 0 Å². The molecule has 3 rings (SSSR count). The van der Waals surface area contributed by atoms with Gasteiger partial charge in [0.25, 0.3) is 0 Å². The molecule has 0 aromatic rings. The lowest BCUT2D eigenvalue weighted by atomic mass is 9.96. The molecular formula is C71H123NO18. The number of amides is 1. The van der Waals surface area contributed by atoms with Gasteiger partial charge in [0.2, 0.25) is 5.91 Å². The third-order valence-corrected chi connectivity index (χ3v) is 16.9. The molecular weight excluding hydrogens is 1150 g/mol. The van der Waals surface area contributed by atoms with E-state index in [1.807, 2.05) is 6.08 Å². The second kappa shape index (κ2) is 52.3. The van der Waals surface area contributed by atoms with E-state index in [0.717, 1.165) is 89.9 Å². The lowest BCUT2D eigenvalue weighted by molar-refractivity contribution is -0.379. The van der Waals surface area contributed by atoms with Gasteiger partial charge in [-0.25, -0.2) is 0 Å².